The fraction of sp³-hybridized carbons (Fsp3) is 0.569. The molecule has 0 fully saturated rings. The molecule has 0 unspecified atom stereocenters. The Morgan fingerprint density at radius 2 is 0.899 bits per heavy atom. The number of phenols is 1. The molecule has 382 valence electrons. The summed E-state index contributed by atoms with van der Waals surface area (Å²) in [5.41, 5.74) is 6.89. The highest BCUT2D eigenvalue weighted by molar-refractivity contribution is 7.91. The second kappa shape index (κ2) is 28.5. The third-order valence-corrected chi connectivity index (χ3v) is 16.7. The highest BCUT2D eigenvalue weighted by Gasteiger charge is 2.23. The van der Waals surface area contributed by atoms with Crippen LogP contribution < -0.4 is 5.73 Å². The number of aromatic hydroxyl groups is 1. The zero-order valence-electron chi connectivity index (χ0n) is 41.5. The Morgan fingerprint density at radius 1 is 0.522 bits per heavy atom. The molecule has 0 spiro atoms. The van der Waals surface area contributed by atoms with Crippen molar-refractivity contribution >= 4 is 69.0 Å². The van der Waals surface area contributed by atoms with E-state index in [4.69, 9.17) is 5.73 Å². The van der Waals surface area contributed by atoms with Gasteiger partial charge in [-0.1, -0.05) is 105 Å². The highest BCUT2D eigenvalue weighted by atomic mass is 32.2. The Hall–Kier alpha value is -4.33. The van der Waals surface area contributed by atoms with Gasteiger partial charge in [-0.15, -0.1) is 10.2 Å². The Morgan fingerprint density at radius 3 is 1.26 bits per heavy atom. The van der Waals surface area contributed by atoms with E-state index in [2.05, 4.69) is 58.0 Å². The number of hydrogen-bond donors (Lipinski definition) is 2. The molecule has 0 aliphatic heterocycles. The van der Waals surface area contributed by atoms with Crippen molar-refractivity contribution in [1.82, 2.24) is 9.80 Å². The molecule has 0 saturated carbocycles. The molecule has 18 heteroatoms. The molecule has 0 amide bonds. The first-order chi connectivity index (χ1) is 32.9. The summed E-state index contributed by atoms with van der Waals surface area (Å²) < 4.78 is 91.2. The van der Waals surface area contributed by atoms with Crippen molar-refractivity contribution in [2.45, 2.75) is 152 Å². The third kappa shape index (κ3) is 18.1. The predicted molar refractivity (Wildman–Crippen MR) is 278 cm³/mol. The van der Waals surface area contributed by atoms with Gasteiger partial charge in [-0.2, -0.15) is 10.2 Å². The molecule has 0 heterocycles. The molecular formula is C51H76N7O8S3-. The van der Waals surface area contributed by atoms with Crippen LogP contribution in [0.2, 0.25) is 0 Å². The summed E-state index contributed by atoms with van der Waals surface area (Å²) in [6.07, 6.45) is 17.8. The first kappa shape index (κ1) is 57.3. The number of sulfone groups is 2. The van der Waals surface area contributed by atoms with Gasteiger partial charge in [0.05, 0.1) is 48.6 Å². The van der Waals surface area contributed by atoms with E-state index in [9.17, 15) is 34.9 Å². The van der Waals surface area contributed by atoms with E-state index in [-0.39, 0.29) is 49.1 Å². The van der Waals surface area contributed by atoms with Crippen LogP contribution in [0.4, 0.5) is 28.4 Å². The standard InChI is InChI=1S/C51H77N7O8S3/c1-6-10-14-18-30-57(31-19-15-11-7-2)34-36-67(60,61)44-26-22-42(23-27-44)53-55-49-40(5)38-41-39-46(69(64,65)66)50(51(59)47(41)48(49)52)56-54-43-24-28-45(29-25-43)68(62,63)37-35-58(32-20-16-12-8-3)33-21-17-13-9-4/h22-29,38-39,59H,6-21,30-37,52H2,1-5H3,(H,64,65,66)/p-1. The Labute approximate surface area is 412 Å². The summed E-state index contributed by atoms with van der Waals surface area (Å²) in [5, 5.41) is 28.3. The van der Waals surface area contributed by atoms with Crippen LogP contribution in [0.25, 0.3) is 10.8 Å². The molecule has 4 aromatic rings. The lowest BCUT2D eigenvalue weighted by Crippen LogP contribution is -2.31. The molecule has 0 saturated heterocycles. The summed E-state index contributed by atoms with van der Waals surface area (Å²) in [6.45, 7) is 14.6. The molecule has 0 aliphatic rings. The van der Waals surface area contributed by atoms with Crippen LogP contribution >= 0.6 is 0 Å². The number of fused-ring (bicyclic) bond motifs is 1. The SMILES string of the molecule is CCCCCCN(CCCCCC)CCS(=O)(=O)c1ccc(N=Nc2c(C)cc3cc(S(=O)(=O)[O-])c(N=Nc4ccc(S(=O)(=O)CCN(CCCCCC)CCCCCC)cc4)c(O)c3c2N)cc1. The normalized spacial score (nSPS) is 12.8. The van der Waals surface area contributed by atoms with Gasteiger partial charge in [-0.3, -0.25) is 0 Å². The van der Waals surface area contributed by atoms with E-state index in [0.29, 0.717) is 24.3 Å². The number of azo groups is 2. The predicted octanol–water partition coefficient (Wildman–Crippen LogP) is 12.6. The molecule has 15 nitrogen and oxygen atoms in total. The zero-order chi connectivity index (χ0) is 50.5. The molecule has 4 rings (SSSR count). The number of aryl methyl sites for hydroxylation is 1. The summed E-state index contributed by atoms with van der Waals surface area (Å²) in [6, 6.07) is 14.2. The van der Waals surface area contributed by atoms with Gasteiger partial charge in [0.2, 0.25) is 0 Å². The minimum Gasteiger partial charge on any atom is -0.744 e. The lowest BCUT2D eigenvalue weighted by Gasteiger charge is -2.22. The second-order valence-corrected chi connectivity index (χ2v) is 23.6. The molecule has 0 radical (unpaired) electrons. The summed E-state index contributed by atoms with van der Waals surface area (Å²) in [7, 11) is -12.4. The van der Waals surface area contributed by atoms with E-state index < -0.39 is 46.1 Å². The third-order valence-electron chi connectivity index (χ3n) is 12.4. The Bertz CT molecular complexity index is 2600. The molecule has 0 bridgehead atoms. The van der Waals surface area contributed by atoms with Crippen molar-refractivity contribution in [2.75, 3.05) is 56.5 Å². The first-order valence-electron chi connectivity index (χ1n) is 24.9. The van der Waals surface area contributed by atoms with Gasteiger partial charge >= 0.3 is 0 Å². The molecule has 0 aromatic heterocycles. The van der Waals surface area contributed by atoms with Crippen molar-refractivity contribution in [3.8, 4) is 5.75 Å². The minimum absolute atomic E-state index is 0.00288. The number of nitrogens with zero attached hydrogens (tertiary/aromatic N) is 6. The monoisotopic (exact) mass is 1010 g/mol. The van der Waals surface area contributed by atoms with Gasteiger partial charge < -0.3 is 25.2 Å². The summed E-state index contributed by atoms with van der Waals surface area (Å²) >= 11 is 0. The number of anilines is 1. The summed E-state index contributed by atoms with van der Waals surface area (Å²) in [4.78, 5) is 3.94. The van der Waals surface area contributed by atoms with Gasteiger partial charge in [0.15, 0.2) is 25.4 Å². The van der Waals surface area contributed by atoms with Crippen LogP contribution in [-0.4, -0.2) is 95.5 Å². The van der Waals surface area contributed by atoms with E-state index >= 15 is 0 Å². The highest BCUT2D eigenvalue weighted by Crippen LogP contribution is 2.47. The van der Waals surface area contributed by atoms with Crippen LogP contribution in [0.3, 0.4) is 0 Å². The van der Waals surface area contributed by atoms with Crippen LogP contribution in [0.15, 0.2) is 95.8 Å². The molecule has 3 N–H and O–H groups in total. The van der Waals surface area contributed by atoms with E-state index in [1.165, 1.54) is 55.3 Å². The number of unbranched alkanes of at least 4 members (excludes halogenated alkanes) is 12. The van der Waals surface area contributed by atoms with Crippen molar-refractivity contribution in [2.24, 2.45) is 20.5 Å². The maximum Gasteiger partial charge on any atom is 0.179 e. The molecule has 0 aliphatic carbocycles. The van der Waals surface area contributed by atoms with Crippen LogP contribution in [0.1, 0.15) is 136 Å². The number of rotatable bonds is 33. The molecule has 69 heavy (non-hydrogen) atoms. The van der Waals surface area contributed by atoms with Crippen molar-refractivity contribution in [3.05, 3.63) is 66.2 Å². The van der Waals surface area contributed by atoms with Crippen LogP contribution in [0, 0.1) is 6.92 Å². The molecular weight excluding hydrogens is 935 g/mol. The van der Waals surface area contributed by atoms with Gasteiger partial charge in [0.1, 0.15) is 21.5 Å². The Balaban J connectivity index is 1.53. The first-order valence-corrected chi connectivity index (χ1v) is 29.6. The number of hydrogen-bond acceptors (Lipinski definition) is 15. The van der Waals surface area contributed by atoms with Crippen molar-refractivity contribution in [3.63, 3.8) is 0 Å². The van der Waals surface area contributed by atoms with E-state index in [1.54, 1.807) is 19.1 Å². The fourth-order valence-corrected chi connectivity index (χ4v) is 11.4. The van der Waals surface area contributed by atoms with Crippen molar-refractivity contribution < 1.29 is 34.9 Å². The zero-order valence-corrected chi connectivity index (χ0v) is 44.0. The Kier molecular flexibility index (Phi) is 23.6. The van der Waals surface area contributed by atoms with Crippen LogP contribution in [-0.2, 0) is 29.8 Å². The topological polar surface area (TPSA) is 228 Å². The summed E-state index contributed by atoms with van der Waals surface area (Å²) in [5.74, 6) is -0.790. The molecule has 0 atom stereocenters. The number of nitrogen functional groups attached to an aromatic ring is 1. The number of phenolic OH excluding ortho intramolecular Hbond substituents is 1. The van der Waals surface area contributed by atoms with Crippen LogP contribution in [0.5, 0.6) is 5.75 Å². The van der Waals surface area contributed by atoms with Gasteiger partial charge in [0.25, 0.3) is 0 Å². The van der Waals surface area contributed by atoms with Gasteiger partial charge in [-0.25, -0.2) is 25.3 Å². The van der Waals surface area contributed by atoms with E-state index in [0.717, 1.165) is 122 Å². The minimum atomic E-state index is -5.20. The number of benzene rings is 4. The quantitative estimate of drug-likeness (QED) is 0.0197. The van der Waals surface area contributed by atoms with Gasteiger partial charge in [-0.05, 0) is 130 Å². The molecule has 4 aromatic carbocycles. The maximum absolute atomic E-state index is 13.4. The maximum atomic E-state index is 13.4. The van der Waals surface area contributed by atoms with Gasteiger partial charge in [0, 0.05) is 13.1 Å². The average Bonchev–Trinajstić information content (AvgIpc) is 3.31. The lowest BCUT2D eigenvalue weighted by molar-refractivity contribution is 0.274. The largest absolute Gasteiger partial charge is 0.744 e. The second-order valence-electron chi connectivity index (χ2n) is 18.0. The lowest BCUT2D eigenvalue weighted by atomic mass is 10.0. The fourth-order valence-electron chi connectivity index (χ4n) is 8.21. The van der Waals surface area contributed by atoms with E-state index in [1.807, 2.05) is 0 Å². The average molecular weight is 1010 g/mol. The number of nitrogens with two attached hydrogens (primary N) is 1. The van der Waals surface area contributed by atoms with Crippen molar-refractivity contribution in [1.29, 1.82) is 0 Å². The smallest absolute Gasteiger partial charge is 0.179 e.